The van der Waals surface area contributed by atoms with Crippen molar-refractivity contribution in [1.29, 1.82) is 0 Å². The maximum absolute atomic E-state index is 12.2. The van der Waals surface area contributed by atoms with Crippen LogP contribution in [0, 0.1) is 0 Å². The molecule has 0 fully saturated rings. The predicted octanol–water partition coefficient (Wildman–Crippen LogP) is 2.54. The summed E-state index contributed by atoms with van der Waals surface area (Å²) in [4.78, 5) is 14.4. The van der Waals surface area contributed by atoms with E-state index in [9.17, 15) is 4.79 Å². The molecule has 1 rings (SSSR count). The molecule has 118 valence electrons. The number of nitrogens with zero attached hydrogens (tertiary/aromatic N) is 1. The van der Waals surface area contributed by atoms with Crippen molar-refractivity contribution >= 4 is 21.8 Å². The van der Waals surface area contributed by atoms with Crippen LogP contribution in [0.3, 0.4) is 0 Å². The van der Waals surface area contributed by atoms with Crippen LogP contribution in [-0.2, 0) is 0 Å². The van der Waals surface area contributed by atoms with E-state index >= 15 is 0 Å². The molecule has 0 unspecified atom stereocenters. The number of ether oxygens (including phenoxy) is 2. The molecular weight excluding hydrogens is 336 g/mol. The number of nitrogens with one attached hydrogen (secondary N) is 1. The van der Waals surface area contributed by atoms with Gasteiger partial charge in [0.2, 0.25) is 0 Å². The number of rotatable bonds is 8. The molecule has 0 bridgehead atoms. The van der Waals surface area contributed by atoms with Gasteiger partial charge in [0.15, 0.2) is 0 Å². The summed E-state index contributed by atoms with van der Waals surface area (Å²) in [6.07, 6.45) is 0. The largest absolute Gasteiger partial charge is 0.495 e. The Hall–Kier alpha value is -1.27. The molecule has 0 aliphatic heterocycles. The zero-order valence-corrected chi connectivity index (χ0v) is 14.6. The van der Waals surface area contributed by atoms with Crippen molar-refractivity contribution in [3.05, 3.63) is 22.2 Å². The predicted molar refractivity (Wildman–Crippen MR) is 87.4 cm³/mol. The molecule has 0 spiro atoms. The first-order valence-electron chi connectivity index (χ1n) is 6.99. The van der Waals surface area contributed by atoms with Crippen LogP contribution in [0.25, 0.3) is 0 Å². The van der Waals surface area contributed by atoms with Crippen LogP contribution in [0.1, 0.15) is 24.2 Å². The highest BCUT2D eigenvalue weighted by Gasteiger charge is 2.14. The van der Waals surface area contributed by atoms with Gasteiger partial charge in [0.05, 0.1) is 14.2 Å². The molecule has 0 heterocycles. The minimum Gasteiger partial charge on any atom is -0.495 e. The van der Waals surface area contributed by atoms with Crippen molar-refractivity contribution < 1.29 is 14.3 Å². The van der Waals surface area contributed by atoms with Gasteiger partial charge in [0, 0.05) is 18.7 Å². The molecule has 0 aromatic heterocycles. The molecular formula is C15H23BrN2O3. The zero-order chi connectivity index (χ0) is 15.8. The standard InChI is InChI=1S/C15H23BrN2O3/c1-5-18(6-2)8-7-17-15(19)11-9-12(20-3)14(16)13(10-11)21-4/h9-10H,5-8H2,1-4H3,(H,17,19). The second kappa shape index (κ2) is 8.89. The van der Waals surface area contributed by atoms with Gasteiger partial charge in [-0.15, -0.1) is 0 Å². The molecule has 1 aromatic carbocycles. The molecule has 0 aliphatic rings. The SMILES string of the molecule is CCN(CC)CCNC(=O)c1cc(OC)c(Br)c(OC)c1. The lowest BCUT2D eigenvalue weighted by atomic mass is 10.2. The Morgan fingerprint density at radius 1 is 1.19 bits per heavy atom. The molecule has 0 saturated heterocycles. The maximum Gasteiger partial charge on any atom is 0.251 e. The van der Waals surface area contributed by atoms with Crippen molar-refractivity contribution in [1.82, 2.24) is 10.2 Å². The Morgan fingerprint density at radius 3 is 2.14 bits per heavy atom. The molecule has 0 saturated carbocycles. The fourth-order valence-corrected chi connectivity index (χ4v) is 2.52. The highest BCUT2D eigenvalue weighted by molar-refractivity contribution is 9.10. The molecule has 0 radical (unpaired) electrons. The Morgan fingerprint density at radius 2 is 1.71 bits per heavy atom. The van der Waals surface area contributed by atoms with Crippen molar-refractivity contribution in [2.45, 2.75) is 13.8 Å². The number of carbonyl (C=O) groups is 1. The molecule has 21 heavy (non-hydrogen) atoms. The van der Waals surface area contributed by atoms with E-state index in [0.717, 1.165) is 19.6 Å². The van der Waals surface area contributed by atoms with Crippen LogP contribution in [0.4, 0.5) is 0 Å². The Labute approximate surface area is 134 Å². The average Bonchev–Trinajstić information content (AvgIpc) is 2.51. The summed E-state index contributed by atoms with van der Waals surface area (Å²) >= 11 is 3.39. The van der Waals surface area contributed by atoms with Gasteiger partial charge in [-0.2, -0.15) is 0 Å². The lowest BCUT2D eigenvalue weighted by Crippen LogP contribution is -2.34. The minimum atomic E-state index is -0.133. The number of amides is 1. The zero-order valence-electron chi connectivity index (χ0n) is 13.0. The van der Waals surface area contributed by atoms with Crippen LogP contribution in [0.2, 0.25) is 0 Å². The summed E-state index contributed by atoms with van der Waals surface area (Å²) in [7, 11) is 3.11. The van der Waals surface area contributed by atoms with E-state index in [1.807, 2.05) is 0 Å². The Kier molecular flexibility index (Phi) is 7.53. The fraction of sp³-hybridized carbons (Fsp3) is 0.533. The second-order valence-electron chi connectivity index (χ2n) is 4.48. The lowest BCUT2D eigenvalue weighted by molar-refractivity contribution is 0.0948. The summed E-state index contributed by atoms with van der Waals surface area (Å²) in [5.41, 5.74) is 0.520. The maximum atomic E-state index is 12.2. The molecule has 5 nitrogen and oxygen atoms in total. The lowest BCUT2D eigenvalue weighted by Gasteiger charge is -2.18. The molecule has 0 atom stereocenters. The first-order valence-corrected chi connectivity index (χ1v) is 7.78. The van der Waals surface area contributed by atoms with E-state index in [1.165, 1.54) is 0 Å². The number of methoxy groups -OCH3 is 2. The van der Waals surface area contributed by atoms with Gasteiger partial charge in [-0.25, -0.2) is 0 Å². The summed E-state index contributed by atoms with van der Waals surface area (Å²) < 4.78 is 11.2. The van der Waals surface area contributed by atoms with Crippen LogP contribution in [0.5, 0.6) is 11.5 Å². The molecule has 1 N–H and O–H groups in total. The third kappa shape index (κ3) is 4.89. The van der Waals surface area contributed by atoms with Gasteiger partial charge in [-0.1, -0.05) is 13.8 Å². The summed E-state index contributed by atoms with van der Waals surface area (Å²) in [6, 6.07) is 3.39. The minimum absolute atomic E-state index is 0.133. The van der Waals surface area contributed by atoms with Crippen LogP contribution in [-0.4, -0.2) is 51.2 Å². The number of hydrogen-bond donors (Lipinski definition) is 1. The van der Waals surface area contributed by atoms with E-state index in [2.05, 4.69) is 40.0 Å². The van der Waals surface area contributed by atoms with E-state index in [-0.39, 0.29) is 5.91 Å². The van der Waals surface area contributed by atoms with Crippen LogP contribution < -0.4 is 14.8 Å². The van der Waals surface area contributed by atoms with Crippen molar-refractivity contribution in [2.24, 2.45) is 0 Å². The normalized spacial score (nSPS) is 10.6. The number of hydrogen-bond acceptors (Lipinski definition) is 4. The quantitative estimate of drug-likeness (QED) is 0.775. The van der Waals surface area contributed by atoms with E-state index in [1.54, 1.807) is 26.4 Å². The van der Waals surface area contributed by atoms with E-state index in [0.29, 0.717) is 28.1 Å². The summed E-state index contributed by atoms with van der Waals surface area (Å²) in [5.74, 6) is 1.01. The van der Waals surface area contributed by atoms with Gasteiger partial charge < -0.3 is 19.7 Å². The van der Waals surface area contributed by atoms with Crippen LogP contribution >= 0.6 is 15.9 Å². The summed E-state index contributed by atoms with van der Waals surface area (Å²) in [6.45, 7) is 7.62. The van der Waals surface area contributed by atoms with Gasteiger partial charge in [0.25, 0.3) is 5.91 Å². The second-order valence-corrected chi connectivity index (χ2v) is 5.27. The van der Waals surface area contributed by atoms with E-state index in [4.69, 9.17) is 9.47 Å². The van der Waals surface area contributed by atoms with Gasteiger partial charge in [-0.3, -0.25) is 4.79 Å². The van der Waals surface area contributed by atoms with Crippen LogP contribution in [0.15, 0.2) is 16.6 Å². The molecule has 1 aromatic rings. The monoisotopic (exact) mass is 358 g/mol. The smallest absolute Gasteiger partial charge is 0.251 e. The fourth-order valence-electron chi connectivity index (χ4n) is 1.97. The number of carbonyl (C=O) groups excluding carboxylic acids is 1. The van der Waals surface area contributed by atoms with E-state index < -0.39 is 0 Å². The number of halogens is 1. The van der Waals surface area contributed by atoms with Gasteiger partial charge in [-0.05, 0) is 41.2 Å². The third-order valence-corrected chi connectivity index (χ3v) is 4.10. The average molecular weight is 359 g/mol. The van der Waals surface area contributed by atoms with Crippen molar-refractivity contribution in [3.63, 3.8) is 0 Å². The first kappa shape index (κ1) is 17.8. The topological polar surface area (TPSA) is 50.8 Å². The highest BCUT2D eigenvalue weighted by atomic mass is 79.9. The third-order valence-electron chi connectivity index (χ3n) is 3.32. The number of likely N-dealkylation sites (N-methyl/N-ethyl adjacent to an activating group) is 1. The molecule has 6 heteroatoms. The highest BCUT2D eigenvalue weighted by Crippen LogP contribution is 2.35. The Bertz CT molecular complexity index is 451. The van der Waals surface area contributed by atoms with Crippen molar-refractivity contribution in [2.75, 3.05) is 40.4 Å². The van der Waals surface area contributed by atoms with Crippen molar-refractivity contribution in [3.8, 4) is 11.5 Å². The number of benzene rings is 1. The summed E-state index contributed by atoms with van der Waals surface area (Å²) in [5, 5.41) is 2.91. The van der Waals surface area contributed by atoms with Gasteiger partial charge in [0.1, 0.15) is 16.0 Å². The van der Waals surface area contributed by atoms with Gasteiger partial charge >= 0.3 is 0 Å². The Balaban J connectivity index is 2.74. The first-order chi connectivity index (χ1) is 10.1. The molecule has 0 aliphatic carbocycles. The molecule has 1 amide bonds.